The van der Waals surface area contributed by atoms with Crippen LogP contribution < -0.4 is 0 Å². The Balaban J connectivity index is 1.33. The Morgan fingerprint density at radius 3 is 2.25 bits per heavy atom. The van der Waals surface area contributed by atoms with Crippen LogP contribution in [-0.2, 0) is 4.74 Å². The zero-order valence-corrected chi connectivity index (χ0v) is 20.7. The quantitative estimate of drug-likeness (QED) is 0.394. The van der Waals surface area contributed by atoms with Gasteiger partial charge in [0.2, 0.25) is 0 Å². The Labute approximate surface area is 210 Å². The van der Waals surface area contributed by atoms with Crippen LogP contribution in [0.4, 0.5) is 13.2 Å². The molecule has 2 aliphatic rings. The summed E-state index contributed by atoms with van der Waals surface area (Å²) in [4.78, 5) is 12.7. The largest absolute Gasteiger partial charge is 0.505 e. The van der Waals surface area contributed by atoms with Crippen LogP contribution in [0.15, 0.2) is 30.3 Å². The molecule has 36 heavy (non-hydrogen) atoms. The summed E-state index contributed by atoms with van der Waals surface area (Å²) in [6.45, 7) is 2.03. The summed E-state index contributed by atoms with van der Waals surface area (Å²) >= 11 is 0. The molecule has 0 saturated heterocycles. The Bertz CT molecular complexity index is 1060. The van der Waals surface area contributed by atoms with Gasteiger partial charge < -0.3 is 14.9 Å². The number of halogens is 3. The van der Waals surface area contributed by atoms with E-state index in [1.807, 2.05) is 6.92 Å². The second kappa shape index (κ2) is 11.7. The Kier molecular flexibility index (Phi) is 8.60. The number of phenols is 1. The maximum absolute atomic E-state index is 15.0. The molecule has 0 heterocycles. The lowest BCUT2D eigenvalue weighted by molar-refractivity contribution is 0.0189. The van der Waals surface area contributed by atoms with Gasteiger partial charge in [-0.05, 0) is 105 Å². The number of carbonyl (C=O) groups excluding carboxylic acids is 1. The molecule has 4 rings (SSSR count). The van der Waals surface area contributed by atoms with Gasteiger partial charge >= 0.3 is 5.97 Å². The lowest BCUT2D eigenvalue weighted by atomic mass is 9.76. The monoisotopic (exact) mass is 504 g/mol. The molecule has 0 radical (unpaired) electrons. The van der Waals surface area contributed by atoms with Crippen molar-refractivity contribution in [2.45, 2.75) is 95.2 Å². The zero-order chi connectivity index (χ0) is 25.8. The van der Waals surface area contributed by atoms with Gasteiger partial charge in [0.15, 0.2) is 23.2 Å². The molecule has 0 aromatic heterocycles. The minimum Gasteiger partial charge on any atom is -0.505 e. The second-order valence-electron chi connectivity index (χ2n) is 10.4. The molecular formula is C29H35F3O4. The van der Waals surface area contributed by atoms with Crippen molar-refractivity contribution in [1.82, 2.24) is 0 Å². The van der Waals surface area contributed by atoms with E-state index < -0.39 is 35.1 Å². The minimum absolute atomic E-state index is 0.0849. The van der Waals surface area contributed by atoms with Crippen LogP contribution in [0.5, 0.6) is 5.75 Å². The van der Waals surface area contributed by atoms with Gasteiger partial charge in [0, 0.05) is 0 Å². The molecule has 0 amide bonds. The summed E-state index contributed by atoms with van der Waals surface area (Å²) in [6.07, 6.45) is 6.22. The van der Waals surface area contributed by atoms with Crippen LogP contribution in [0.1, 0.15) is 104 Å². The molecule has 2 aliphatic carbocycles. The fourth-order valence-electron chi connectivity index (χ4n) is 5.89. The van der Waals surface area contributed by atoms with Crippen molar-refractivity contribution in [2.75, 3.05) is 0 Å². The average molecular weight is 505 g/mol. The smallest absolute Gasteiger partial charge is 0.341 e. The number of aromatic hydroxyl groups is 1. The van der Waals surface area contributed by atoms with E-state index in [0.29, 0.717) is 38.5 Å². The number of hydrogen-bond donors (Lipinski definition) is 2. The zero-order valence-electron chi connectivity index (χ0n) is 20.7. The molecule has 0 bridgehead atoms. The molecule has 2 N–H and O–H groups in total. The van der Waals surface area contributed by atoms with Crippen molar-refractivity contribution in [1.29, 1.82) is 0 Å². The minimum atomic E-state index is -1.17. The molecule has 1 atom stereocenters. The van der Waals surface area contributed by atoms with Crippen LogP contribution in [0.3, 0.4) is 0 Å². The maximum Gasteiger partial charge on any atom is 0.341 e. The number of phenolic OH excluding ortho intramolecular Hbond substituents is 1. The number of hydrogen-bond acceptors (Lipinski definition) is 4. The average Bonchev–Trinajstić information content (AvgIpc) is 2.88. The van der Waals surface area contributed by atoms with Gasteiger partial charge in [-0.15, -0.1) is 0 Å². The van der Waals surface area contributed by atoms with Crippen LogP contribution >= 0.6 is 0 Å². The fourth-order valence-corrected chi connectivity index (χ4v) is 5.89. The number of rotatable bonds is 7. The summed E-state index contributed by atoms with van der Waals surface area (Å²) in [5, 5.41) is 19.6. The molecule has 2 saturated carbocycles. The van der Waals surface area contributed by atoms with E-state index in [2.05, 4.69) is 0 Å². The molecule has 196 valence electrons. The van der Waals surface area contributed by atoms with Crippen molar-refractivity contribution < 1.29 is 32.9 Å². The second-order valence-corrected chi connectivity index (χ2v) is 10.4. The third-order valence-electron chi connectivity index (χ3n) is 8.06. The summed E-state index contributed by atoms with van der Waals surface area (Å²) in [5.41, 5.74) is 0.674. The number of ether oxygens (including phenoxy) is 1. The van der Waals surface area contributed by atoms with E-state index in [1.54, 1.807) is 6.07 Å². The highest BCUT2D eigenvalue weighted by Crippen LogP contribution is 2.40. The Hall–Kier alpha value is -2.54. The third kappa shape index (κ3) is 5.88. The van der Waals surface area contributed by atoms with Gasteiger partial charge in [-0.25, -0.2) is 18.0 Å². The van der Waals surface area contributed by atoms with Gasteiger partial charge in [0.05, 0.1) is 11.7 Å². The molecule has 1 unspecified atom stereocenters. The van der Waals surface area contributed by atoms with Crippen LogP contribution in [0.25, 0.3) is 0 Å². The van der Waals surface area contributed by atoms with E-state index in [9.17, 15) is 28.2 Å². The van der Waals surface area contributed by atoms with Crippen LogP contribution in [-0.4, -0.2) is 28.4 Å². The molecule has 2 aromatic carbocycles. The predicted octanol–water partition coefficient (Wildman–Crippen LogP) is 7.13. The lowest BCUT2D eigenvalue weighted by Crippen LogP contribution is -2.26. The number of aliphatic hydroxyl groups is 1. The van der Waals surface area contributed by atoms with Crippen molar-refractivity contribution in [3.63, 3.8) is 0 Å². The van der Waals surface area contributed by atoms with E-state index in [0.717, 1.165) is 31.2 Å². The standard InChI is InChI=1S/C29H35F3O4/c1-2-3-25(33)19-6-4-18(5-7-19)22-13-14-23(28(32)27(22)31)29(35)36-21-11-8-17(9-12-21)20-10-15-26(34)24(30)16-20/h10,13-19,21,25,33-34H,2-9,11-12H2,1H3. The molecule has 2 fully saturated rings. The summed E-state index contributed by atoms with van der Waals surface area (Å²) in [5.74, 6) is -3.92. The molecular weight excluding hydrogens is 469 g/mol. The number of carbonyl (C=O) groups is 1. The van der Waals surface area contributed by atoms with E-state index in [4.69, 9.17) is 4.74 Å². The van der Waals surface area contributed by atoms with Crippen molar-refractivity contribution in [3.8, 4) is 5.75 Å². The van der Waals surface area contributed by atoms with Crippen molar-refractivity contribution in [3.05, 3.63) is 64.5 Å². The van der Waals surface area contributed by atoms with Gasteiger partial charge in [-0.2, -0.15) is 0 Å². The van der Waals surface area contributed by atoms with Gasteiger partial charge in [0.1, 0.15) is 6.10 Å². The summed E-state index contributed by atoms with van der Waals surface area (Å²) < 4.78 is 49.1. The maximum atomic E-state index is 15.0. The van der Waals surface area contributed by atoms with Crippen LogP contribution in [0.2, 0.25) is 0 Å². The summed E-state index contributed by atoms with van der Waals surface area (Å²) in [7, 11) is 0. The van der Waals surface area contributed by atoms with Crippen molar-refractivity contribution in [2.24, 2.45) is 5.92 Å². The molecule has 0 spiro atoms. The van der Waals surface area contributed by atoms with Crippen LogP contribution in [0, 0.1) is 23.4 Å². The first kappa shape index (κ1) is 26.5. The number of aliphatic hydroxyl groups excluding tert-OH is 1. The first-order valence-corrected chi connectivity index (χ1v) is 13.1. The topological polar surface area (TPSA) is 66.8 Å². The third-order valence-corrected chi connectivity index (χ3v) is 8.06. The Morgan fingerprint density at radius 1 is 0.944 bits per heavy atom. The molecule has 4 nitrogen and oxygen atoms in total. The normalized spacial score (nSPS) is 25.4. The molecule has 7 heteroatoms. The fraction of sp³-hybridized carbons (Fsp3) is 0.552. The van der Waals surface area contributed by atoms with Crippen molar-refractivity contribution >= 4 is 5.97 Å². The summed E-state index contributed by atoms with van der Waals surface area (Å²) in [6, 6.07) is 7.16. The number of benzene rings is 2. The highest BCUT2D eigenvalue weighted by Gasteiger charge is 2.31. The van der Waals surface area contributed by atoms with E-state index >= 15 is 0 Å². The van der Waals surface area contributed by atoms with E-state index in [1.165, 1.54) is 24.3 Å². The van der Waals surface area contributed by atoms with Gasteiger partial charge in [0.25, 0.3) is 0 Å². The highest BCUT2D eigenvalue weighted by molar-refractivity contribution is 5.90. The van der Waals surface area contributed by atoms with E-state index in [-0.39, 0.29) is 35.2 Å². The van der Waals surface area contributed by atoms with Gasteiger partial charge in [-0.3, -0.25) is 0 Å². The predicted molar refractivity (Wildman–Crippen MR) is 130 cm³/mol. The Morgan fingerprint density at radius 2 is 1.61 bits per heavy atom. The SMILES string of the molecule is CCCC(O)C1CCC(c2ccc(C(=O)OC3CCC(c4ccc(O)c(F)c4)CC3)c(F)c2F)CC1. The van der Waals surface area contributed by atoms with Gasteiger partial charge in [-0.1, -0.05) is 25.5 Å². The first-order chi connectivity index (χ1) is 17.3. The molecule has 2 aromatic rings. The lowest BCUT2D eigenvalue weighted by Gasteiger charge is -2.32. The first-order valence-electron chi connectivity index (χ1n) is 13.1. The molecule has 0 aliphatic heterocycles. The number of esters is 1. The highest BCUT2D eigenvalue weighted by atomic mass is 19.2.